The van der Waals surface area contributed by atoms with Gasteiger partial charge in [0.05, 0.1) is 0 Å². The van der Waals surface area contributed by atoms with Crippen LogP contribution in [0.2, 0.25) is 0 Å². The molecule has 0 saturated heterocycles. The van der Waals surface area contributed by atoms with Crippen molar-refractivity contribution >= 4 is 17.9 Å². The Morgan fingerprint density at radius 3 is 0.803 bits per heavy atom. The van der Waals surface area contributed by atoms with Gasteiger partial charge in [-0.15, -0.1) is 0 Å². The first-order valence-electron chi connectivity index (χ1n) is 31.2. The molecule has 0 fully saturated rings. The Balaban J connectivity index is 4.37. The largest absolute Gasteiger partial charge is 0.462 e. The average molecular weight is 1050 g/mol. The fourth-order valence-corrected chi connectivity index (χ4v) is 8.24. The predicted molar refractivity (Wildman–Crippen MR) is 329 cm³/mol. The van der Waals surface area contributed by atoms with Gasteiger partial charge in [0.15, 0.2) is 6.10 Å². The number of carbonyl (C=O) groups excluding carboxylic acids is 3. The summed E-state index contributed by atoms with van der Waals surface area (Å²) in [4.78, 5) is 38.3. The smallest absolute Gasteiger partial charge is 0.306 e. The second-order valence-electron chi connectivity index (χ2n) is 20.2. The molecule has 0 amide bonds. The van der Waals surface area contributed by atoms with Crippen LogP contribution in [0.5, 0.6) is 0 Å². The Labute approximate surface area is 468 Å². The third kappa shape index (κ3) is 60.4. The number of ether oxygens (including phenoxy) is 3. The number of hydrogen-bond acceptors (Lipinski definition) is 6. The SMILES string of the molecule is CC/C=C\C/C=C\C/C=C\C/C=C\C/C=C\CCCCCCCCCCCCCC(=O)OCC(COC(=O)CCCCCCC/C=C\C/C=C\CCCC)OC(=O)CCCCCC/C=C\C/C=C\C/C=C\C/C=C\CC. The van der Waals surface area contributed by atoms with Gasteiger partial charge in [0.25, 0.3) is 0 Å². The monoisotopic (exact) mass is 1050 g/mol. The zero-order valence-corrected chi connectivity index (χ0v) is 49.2. The molecule has 0 aromatic carbocycles. The molecule has 0 aromatic heterocycles. The number of hydrogen-bond donors (Lipinski definition) is 0. The third-order valence-corrected chi connectivity index (χ3v) is 12.9. The molecule has 1 unspecified atom stereocenters. The highest BCUT2D eigenvalue weighted by Crippen LogP contribution is 2.15. The van der Waals surface area contributed by atoms with Crippen LogP contribution in [0.15, 0.2) is 134 Å². The highest BCUT2D eigenvalue weighted by atomic mass is 16.6. The van der Waals surface area contributed by atoms with Gasteiger partial charge in [-0.05, 0) is 128 Å². The number of rotatable bonds is 55. The lowest BCUT2D eigenvalue weighted by Gasteiger charge is -2.18. The van der Waals surface area contributed by atoms with Crippen molar-refractivity contribution in [3.63, 3.8) is 0 Å². The van der Waals surface area contributed by atoms with Crippen LogP contribution in [0.1, 0.15) is 271 Å². The quantitative estimate of drug-likeness (QED) is 0.0261. The van der Waals surface area contributed by atoms with Crippen LogP contribution in [0, 0.1) is 0 Å². The van der Waals surface area contributed by atoms with Gasteiger partial charge in [-0.2, -0.15) is 0 Å². The molecule has 6 nitrogen and oxygen atoms in total. The van der Waals surface area contributed by atoms with Gasteiger partial charge < -0.3 is 14.2 Å². The molecule has 0 bridgehead atoms. The van der Waals surface area contributed by atoms with E-state index >= 15 is 0 Å². The summed E-state index contributed by atoms with van der Waals surface area (Å²) < 4.78 is 16.9. The first-order valence-corrected chi connectivity index (χ1v) is 31.2. The van der Waals surface area contributed by atoms with E-state index in [0.29, 0.717) is 19.3 Å². The molecule has 0 aliphatic heterocycles. The molecule has 0 rings (SSSR count). The maximum Gasteiger partial charge on any atom is 0.306 e. The van der Waals surface area contributed by atoms with Gasteiger partial charge >= 0.3 is 17.9 Å². The second kappa shape index (κ2) is 63.1. The van der Waals surface area contributed by atoms with E-state index < -0.39 is 6.10 Å². The van der Waals surface area contributed by atoms with E-state index in [0.717, 1.165) is 154 Å². The Hall–Kier alpha value is -4.45. The molecule has 1 atom stereocenters. The van der Waals surface area contributed by atoms with Crippen LogP contribution in [-0.4, -0.2) is 37.2 Å². The summed E-state index contributed by atoms with van der Waals surface area (Å²) in [5.74, 6) is -0.938. The third-order valence-electron chi connectivity index (χ3n) is 12.9. The van der Waals surface area contributed by atoms with Crippen molar-refractivity contribution in [2.45, 2.75) is 277 Å². The number of allylic oxidation sites excluding steroid dienone is 22. The summed E-state index contributed by atoms with van der Waals surface area (Å²) in [6.07, 6.45) is 88.8. The van der Waals surface area contributed by atoms with Crippen LogP contribution >= 0.6 is 0 Å². The summed E-state index contributed by atoms with van der Waals surface area (Å²) in [6.45, 7) is 6.34. The molecule has 0 radical (unpaired) electrons. The minimum atomic E-state index is -0.803. The topological polar surface area (TPSA) is 78.9 Å². The van der Waals surface area contributed by atoms with Crippen molar-refractivity contribution in [3.05, 3.63) is 134 Å². The van der Waals surface area contributed by atoms with E-state index in [2.05, 4.69) is 154 Å². The highest BCUT2D eigenvalue weighted by Gasteiger charge is 2.19. The minimum absolute atomic E-state index is 0.0975. The standard InChI is InChI=1S/C70H114O6/c1-4-7-10-13-16-19-22-25-28-30-31-32-33-34-35-36-37-38-39-41-42-45-48-51-54-57-60-63-69(72)75-66-67(65-74-68(71)62-59-56-53-50-47-44-27-24-21-18-15-12-9-6-3)76-70(73)64-61-58-55-52-49-46-43-40-29-26-23-20-17-14-11-8-5-2/h7-8,10-11,15-20,24-29,31-32,34-35,43,46,67H,4-6,9,12-14,21-23,30,33,36-42,44-45,47-66H2,1-3H3/b10-7-,11-8-,18-15-,19-16-,20-17-,27-24-,28-25-,29-26-,32-31-,35-34-,46-43-. The second-order valence-corrected chi connectivity index (χ2v) is 20.2. The zero-order valence-electron chi connectivity index (χ0n) is 49.2. The fourth-order valence-electron chi connectivity index (χ4n) is 8.24. The van der Waals surface area contributed by atoms with Crippen molar-refractivity contribution in [2.75, 3.05) is 13.2 Å². The lowest BCUT2D eigenvalue weighted by Crippen LogP contribution is -2.30. The van der Waals surface area contributed by atoms with Crippen molar-refractivity contribution in [1.29, 1.82) is 0 Å². The van der Waals surface area contributed by atoms with Crippen LogP contribution < -0.4 is 0 Å². The van der Waals surface area contributed by atoms with Gasteiger partial charge in [-0.25, -0.2) is 0 Å². The molecular formula is C70H114O6. The summed E-state index contributed by atoms with van der Waals surface area (Å²) in [5, 5.41) is 0. The molecule has 0 saturated carbocycles. The molecule has 0 aromatic rings. The lowest BCUT2D eigenvalue weighted by atomic mass is 10.0. The van der Waals surface area contributed by atoms with Crippen LogP contribution in [-0.2, 0) is 28.6 Å². The molecule has 0 heterocycles. The first kappa shape index (κ1) is 71.5. The molecule has 430 valence electrons. The number of unbranched alkanes of at least 4 members (excludes halogenated alkanes) is 22. The molecule has 76 heavy (non-hydrogen) atoms. The van der Waals surface area contributed by atoms with Crippen LogP contribution in [0.3, 0.4) is 0 Å². The maximum absolute atomic E-state index is 12.9. The van der Waals surface area contributed by atoms with E-state index in [-0.39, 0.29) is 31.1 Å². The Kier molecular flexibility index (Phi) is 59.4. The van der Waals surface area contributed by atoms with E-state index in [1.54, 1.807) is 0 Å². The molecule has 0 aliphatic carbocycles. The van der Waals surface area contributed by atoms with Crippen molar-refractivity contribution in [1.82, 2.24) is 0 Å². The van der Waals surface area contributed by atoms with Crippen LogP contribution in [0.4, 0.5) is 0 Å². The Bertz CT molecular complexity index is 1630. The van der Waals surface area contributed by atoms with Gasteiger partial charge in [-0.1, -0.05) is 257 Å². The van der Waals surface area contributed by atoms with E-state index in [1.807, 2.05) is 0 Å². The summed E-state index contributed by atoms with van der Waals surface area (Å²) in [7, 11) is 0. The van der Waals surface area contributed by atoms with Gasteiger partial charge in [-0.3, -0.25) is 14.4 Å². The van der Waals surface area contributed by atoms with E-state index in [1.165, 1.54) is 77.0 Å². The first-order chi connectivity index (χ1) is 37.5. The molecular weight excluding hydrogens is 937 g/mol. The predicted octanol–water partition coefficient (Wildman–Crippen LogP) is 21.4. The molecule has 0 N–H and O–H groups in total. The lowest BCUT2D eigenvalue weighted by molar-refractivity contribution is -0.167. The fraction of sp³-hybridized carbons (Fsp3) is 0.643. The summed E-state index contributed by atoms with van der Waals surface area (Å²) in [5.41, 5.74) is 0. The van der Waals surface area contributed by atoms with Gasteiger partial charge in [0.1, 0.15) is 13.2 Å². The zero-order chi connectivity index (χ0) is 55.0. The van der Waals surface area contributed by atoms with E-state index in [4.69, 9.17) is 14.2 Å². The summed E-state index contributed by atoms with van der Waals surface area (Å²) in [6, 6.07) is 0. The molecule has 6 heteroatoms. The Morgan fingerprint density at radius 2 is 0.513 bits per heavy atom. The average Bonchev–Trinajstić information content (AvgIpc) is 3.42. The van der Waals surface area contributed by atoms with Gasteiger partial charge in [0, 0.05) is 19.3 Å². The summed E-state index contributed by atoms with van der Waals surface area (Å²) >= 11 is 0. The number of carbonyl (C=O) groups is 3. The van der Waals surface area contributed by atoms with Crippen molar-refractivity contribution < 1.29 is 28.6 Å². The number of esters is 3. The van der Waals surface area contributed by atoms with Gasteiger partial charge in [0.2, 0.25) is 0 Å². The maximum atomic E-state index is 12.9. The van der Waals surface area contributed by atoms with E-state index in [9.17, 15) is 14.4 Å². The molecule has 0 spiro atoms. The van der Waals surface area contributed by atoms with Crippen molar-refractivity contribution in [3.8, 4) is 0 Å². The van der Waals surface area contributed by atoms with Crippen molar-refractivity contribution in [2.24, 2.45) is 0 Å². The Morgan fingerprint density at radius 1 is 0.276 bits per heavy atom. The highest BCUT2D eigenvalue weighted by molar-refractivity contribution is 5.71. The van der Waals surface area contributed by atoms with Crippen LogP contribution in [0.25, 0.3) is 0 Å². The normalized spacial score (nSPS) is 13.0. The minimum Gasteiger partial charge on any atom is -0.462 e. The molecule has 0 aliphatic rings.